The molecule has 7 heteroatoms. The molecular formula is C20H18ClNO5. The van der Waals surface area contributed by atoms with E-state index in [-0.39, 0.29) is 16.5 Å². The number of carbonyl (C=O) groups excluding carboxylic acids is 2. The lowest BCUT2D eigenvalue weighted by atomic mass is 10.2. The molecule has 6 nitrogen and oxygen atoms in total. The van der Waals surface area contributed by atoms with Crippen molar-refractivity contribution in [2.45, 2.75) is 19.4 Å². The summed E-state index contributed by atoms with van der Waals surface area (Å²) in [5, 5.41) is 0.270. The molecule has 0 radical (unpaired) electrons. The van der Waals surface area contributed by atoms with Crippen LogP contribution in [-0.2, 0) is 16.0 Å². The summed E-state index contributed by atoms with van der Waals surface area (Å²) < 4.78 is 16.3. The first-order chi connectivity index (χ1) is 13.0. The SMILES string of the molecule is C[C@@H](OC(=O)c1cc(Cl)c2c(c1)OCCO2)C(=O)N1CCc2ccccc21. The highest BCUT2D eigenvalue weighted by Crippen LogP contribution is 2.38. The van der Waals surface area contributed by atoms with Crippen LogP contribution in [0.2, 0.25) is 5.02 Å². The van der Waals surface area contributed by atoms with E-state index in [4.69, 9.17) is 25.8 Å². The third-order valence-corrected chi connectivity index (χ3v) is 4.90. The van der Waals surface area contributed by atoms with Crippen molar-refractivity contribution in [2.24, 2.45) is 0 Å². The summed E-state index contributed by atoms with van der Waals surface area (Å²) >= 11 is 6.16. The lowest BCUT2D eigenvalue weighted by Crippen LogP contribution is -2.39. The van der Waals surface area contributed by atoms with Crippen LogP contribution in [0.25, 0.3) is 0 Å². The number of carbonyl (C=O) groups is 2. The van der Waals surface area contributed by atoms with E-state index >= 15 is 0 Å². The van der Waals surface area contributed by atoms with E-state index < -0.39 is 12.1 Å². The quantitative estimate of drug-likeness (QED) is 0.756. The molecule has 27 heavy (non-hydrogen) atoms. The van der Waals surface area contributed by atoms with Crippen LogP contribution in [-0.4, -0.2) is 37.7 Å². The predicted octanol–water partition coefficient (Wildman–Crippen LogP) is 3.25. The molecule has 2 aliphatic heterocycles. The van der Waals surface area contributed by atoms with Gasteiger partial charge in [0.15, 0.2) is 17.6 Å². The first-order valence-corrected chi connectivity index (χ1v) is 9.12. The van der Waals surface area contributed by atoms with Crippen molar-refractivity contribution in [3.63, 3.8) is 0 Å². The average molecular weight is 388 g/mol. The zero-order chi connectivity index (χ0) is 19.0. The molecule has 2 aromatic rings. The van der Waals surface area contributed by atoms with Crippen molar-refractivity contribution in [3.8, 4) is 11.5 Å². The van der Waals surface area contributed by atoms with Gasteiger partial charge in [-0.1, -0.05) is 29.8 Å². The van der Waals surface area contributed by atoms with Crippen molar-refractivity contribution in [1.82, 2.24) is 0 Å². The summed E-state index contributed by atoms with van der Waals surface area (Å²) in [5.74, 6) is -0.0791. The number of nitrogens with zero attached hydrogens (tertiary/aromatic N) is 1. The zero-order valence-electron chi connectivity index (χ0n) is 14.7. The maximum Gasteiger partial charge on any atom is 0.339 e. The maximum absolute atomic E-state index is 12.8. The Bertz CT molecular complexity index is 913. The summed E-state index contributed by atoms with van der Waals surface area (Å²) in [4.78, 5) is 26.9. The summed E-state index contributed by atoms with van der Waals surface area (Å²) in [6.07, 6.45) is -0.129. The van der Waals surface area contributed by atoms with Crippen molar-refractivity contribution >= 4 is 29.2 Å². The van der Waals surface area contributed by atoms with Crippen LogP contribution in [0, 0.1) is 0 Å². The molecule has 2 aliphatic rings. The number of rotatable bonds is 3. The highest BCUT2D eigenvalue weighted by Gasteiger charge is 2.30. The second-order valence-corrected chi connectivity index (χ2v) is 6.81. The smallest absolute Gasteiger partial charge is 0.339 e. The molecule has 0 saturated heterocycles. The van der Waals surface area contributed by atoms with E-state index in [0.29, 0.717) is 31.3 Å². The molecule has 0 fully saturated rings. The average Bonchev–Trinajstić information content (AvgIpc) is 3.11. The number of halogens is 1. The van der Waals surface area contributed by atoms with Crippen LogP contribution in [0.3, 0.4) is 0 Å². The lowest BCUT2D eigenvalue weighted by molar-refractivity contribution is -0.126. The Morgan fingerprint density at radius 3 is 2.81 bits per heavy atom. The largest absolute Gasteiger partial charge is 0.486 e. The van der Waals surface area contributed by atoms with E-state index in [0.717, 1.165) is 17.7 Å². The van der Waals surface area contributed by atoms with Gasteiger partial charge in [-0.2, -0.15) is 0 Å². The van der Waals surface area contributed by atoms with E-state index in [1.54, 1.807) is 11.8 Å². The van der Waals surface area contributed by atoms with Crippen molar-refractivity contribution in [1.29, 1.82) is 0 Å². The molecule has 4 rings (SSSR count). The van der Waals surface area contributed by atoms with Gasteiger partial charge in [-0.05, 0) is 37.1 Å². The molecule has 0 aliphatic carbocycles. The number of amides is 1. The summed E-state index contributed by atoms with van der Waals surface area (Å²) in [6.45, 7) is 2.93. The molecule has 0 saturated carbocycles. The molecule has 1 atom stereocenters. The van der Waals surface area contributed by atoms with Crippen molar-refractivity contribution in [3.05, 3.63) is 52.5 Å². The van der Waals surface area contributed by atoms with Crippen LogP contribution < -0.4 is 14.4 Å². The second-order valence-electron chi connectivity index (χ2n) is 6.40. The summed E-state index contributed by atoms with van der Waals surface area (Å²) in [6, 6.07) is 10.7. The first kappa shape index (κ1) is 17.7. The van der Waals surface area contributed by atoms with Crippen LogP contribution in [0.5, 0.6) is 11.5 Å². The number of hydrogen-bond acceptors (Lipinski definition) is 5. The molecule has 2 heterocycles. The highest BCUT2D eigenvalue weighted by atomic mass is 35.5. The fourth-order valence-electron chi connectivity index (χ4n) is 3.29. The van der Waals surface area contributed by atoms with Gasteiger partial charge in [-0.15, -0.1) is 0 Å². The van der Waals surface area contributed by atoms with Gasteiger partial charge in [-0.25, -0.2) is 4.79 Å². The minimum absolute atomic E-state index is 0.214. The standard InChI is InChI=1S/C20H18ClNO5/c1-12(19(23)22-7-6-13-4-2-3-5-16(13)22)27-20(24)14-10-15(21)18-17(11-14)25-8-9-26-18/h2-5,10-12H,6-9H2,1H3/t12-/m1/s1. The van der Waals surface area contributed by atoms with Crippen LogP contribution in [0.15, 0.2) is 36.4 Å². The Morgan fingerprint density at radius 2 is 1.96 bits per heavy atom. The number of fused-ring (bicyclic) bond motifs is 2. The van der Waals surface area contributed by atoms with Gasteiger partial charge < -0.3 is 19.1 Å². The molecular weight excluding hydrogens is 370 g/mol. The number of anilines is 1. The Hall–Kier alpha value is -2.73. The molecule has 140 valence electrons. The fraction of sp³-hybridized carbons (Fsp3) is 0.300. The molecule has 0 aromatic heterocycles. The monoisotopic (exact) mass is 387 g/mol. The van der Waals surface area contributed by atoms with E-state index in [2.05, 4.69) is 0 Å². The Kier molecular flexibility index (Phi) is 4.66. The molecule has 0 N–H and O–H groups in total. The third kappa shape index (κ3) is 3.32. The molecule has 0 bridgehead atoms. The number of hydrogen-bond donors (Lipinski definition) is 0. The van der Waals surface area contributed by atoms with Gasteiger partial charge >= 0.3 is 5.97 Å². The Balaban J connectivity index is 1.48. The second kappa shape index (κ2) is 7.12. The number of esters is 1. The zero-order valence-corrected chi connectivity index (χ0v) is 15.5. The molecule has 1 amide bonds. The first-order valence-electron chi connectivity index (χ1n) is 8.74. The van der Waals surface area contributed by atoms with Crippen molar-refractivity contribution in [2.75, 3.05) is 24.7 Å². The lowest BCUT2D eigenvalue weighted by Gasteiger charge is -2.22. The van der Waals surface area contributed by atoms with Crippen LogP contribution in [0.4, 0.5) is 5.69 Å². The van der Waals surface area contributed by atoms with E-state index in [1.165, 1.54) is 12.1 Å². The van der Waals surface area contributed by atoms with E-state index in [1.807, 2.05) is 24.3 Å². The van der Waals surface area contributed by atoms with Gasteiger partial charge in [0.05, 0.1) is 10.6 Å². The molecule has 0 spiro atoms. The van der Waals surface area contributed by atoms with E-state index in [9.17, 15) is 9.59 Å². The Labute approximate surface area is 161 Å². The number of benzene rings is 2. The van der Waals surface area contributed by atoms with Crippen molar-refractivity contribution < 1.29 is 23.8 Å². The number of ether oxygens (including phenoxy) is 3. The fourth-order valence-corrected chi connectivity index (χ4v) is 3.56. The summed E-state index contributed by atoms with van der Waals surface area (Å²) in [5.41, 5.74) is 2.20. The van der Waals surface area contributed by atoms with Crippen LogP contribution in [0.1, 0.15) is 22.8 Å². The maximum atomic E-state index is 12.8. The van der Waals surface area contributed by atoms with Gasteiger partial charge in [-0.3, -0.25) is 4.79 Å². The highest BCUT2D eigenvalue weighted by molar-refractivity contribution is 6.32. The predicted molar refractivity (Wildman–Crippen MR) is 99.8 cm³/mol. The molecule has 0 unspecified atom stereocenters. The topological polar surface area (TPSA) is 65.1 Å². The normalized spacial score (nSPS) is 15.9. The minimum Gasteiger partial charge on any atom is -0.486 e. The van der Waals surface area contributed by atoms with Gasteiger partial charge in [0, 0.05) is 12.2 Å². The third-order valence-electron chi connectivity index (χ3n) is 4.62. The number of para-hydroxylation sites is 1. The minimum atomic E-state index is -0.921. The van der Waals surface area contributed by atoms with Gasteiger partial charge in [0.25, 0.3) is 5.91 Å². The summed E-state index contributed by atoms with van der Waals surface area (Å²) in [7, 11) is 0. The van der Waals surface area contributed by atoms with Gasteiger partial charge in [0.1, 0.15) is 13.2 Å². The van der Waals surface area contributed by atoms with Gasteiger partial charge in [0.2, 0.25) is 0 Å². The molecule has 2 aromatic carbocycles. The Morgan fingerprint density at radius 1 is 1.19 bits per heavy atom. The van der Waals surface area contributed by atoms with Crippen LogP contribution >= 0.6 is 11.6 Å².